The highest BCUT2D eigenvalue weighted by Gasteiger charge is 2.18. The van der Waals surface area contributed by atoms with E-state index in [1.165, 1.54) is 0 Å². The smallest absolute Gasteiger partial charge is 0.307 e. The second-order valence-electron chi connectivity index (χ2n) is 6.17. The molecule has 1 aromatic rings. The molecule has 26 heavy (non-hydrogen) atoms. The van der Waals surface area contributed by atoms with Gasteiger partial charge in [-0.3, -0.25) is 14.5 Å². The average Bonchev–Trinajstić information content (AvgIpc) is 2.65. The topological polar surface area (TPSA) is 59.1 Å². The molecule has 144 valence electrons. The Labute approximate surface area is 160 Å². The zero-order chi connectivity index (χ0) is 18.8. The summed E-state index contributed by atoms with van der Waals surface area (Å²) in [6.45, 7) is 7.31. The number of halogens is 1. The quantitative estimate of drug-likeness (QED) is 0.614. The molecule has 1 heterocycles. The van der Waals surface area contributed by atoms with Crippen molar-refractivity contribution in [2.45, 2.75) is 19.8 Å². The fourth-order valence-corrected chi connectivity index (χ4v) is 3.08. The lowest BCUT2D eigenvalue weighted by Crippen LogP contribution is -2.39. The van der Waals surface area contributed by atoms with Crippen LogP contribution in [0.25, 0.3) is 0 Å². The van der Waals surface area contributed by atoms with Gasteiger partial charge in [0.15, 0.2) is 0 Å². The molecule has 1 fully saturated rings. The van der Waals surface area contributed by atoms with Crippen molar-refractivity contribution in [3.05, 3.63) is 34.9 Å². The van der Waals surface area contributed by atoms with Gasteiger partial charge in [0.2, 0.25) is 0 Å². The van der Waals surface area contributed by atoms with Crippen LogP contribution in [0.5, 0.6) is 0 Å². The van der Waals surface area contributed by atoms with E-state index in [2.05, 4.69) is 4.90 Å². The van der Waals surface area contributed by atoms with Gasteiger partial charge in [-0.2, -0.15) is 0 Å². The first kappa shape index (κ1) is 20.7. The van der Waals surface area contributed by atoms with Gasteiger partial charge in [0.1, 0.15) is 0 Å². The standard InChI is InChI=1S/C19H27ClN2O4/c1-2-26-18(23)7-10-22(9-4-8-21-11-13-25-14-12-21)19(24)16-5-3-6-17(20)15-16/h3,5-6,15H,2,4,7-14H2,1H3. The number of hydrogen-bond donors (Lipinski definition) is 0. The summed E-state index contributed by atoms with van der Waals surface area (Å²) in [4.78, 5) is 28.6. The fraction of sp³-hybridized carbons (Fsp3) is 0.579. The van der Waals surface area contributed by atoms with Gasteiger partial charge in [-0.05, 0) is 31.5 Å². The normalized spacial score (nSPS) is 14.8. The van der Waals surface area contributed by atoms with Gasteiger partial charge in [-0.15, -0.1) is 0 Å². The first-order valence-corrected chi connectivity index (χ1v) is 9.48. The maximum absolute atomic E-state index is 12.8. The molecule has 1 aliphatic heterocycles. The SMILES string of the molecule is CCOC(=O)CCN(CCCN1CCOCC1)C(=O)c1cccc(Cl)c1. The maximum atomic E-state index is 12.8. The van der Waals surface area contributed by atoms with Crippen molar-refractivity contribution < 1.29 is 19.1 Å². The van der Waals surface area contributed by atoms with Crippen LogP contribution in [-0.2, 0) is 14.3 Å². The van der Waals surface area contributed by atoms with Gasteiger partial charge in [-0.1, -0.05) is 17.7 Å². The number of hydrogen-bond acceptors (Lipinski definition) is 5. The van der Waals surface area contributed by atoms with Crippen LogP contribution in [0.2, 0.25) is 5.02 Å². The molecule has 1 aromatic carbocycles. The second-order valence-corrected chi connectivity index (χ2v) is 6.60. The molecule has 2 rings (SSSR count). The molecule has 7 heteroatoms. The Morgan fingerprint density at radius 2 is 2.04 bits per heavy atom. The van der Waals surface area contributed by atoms with Gasteiger partial charge in [0.05, 0.1) is 26.2 Å². The van der Waals surface area contributed by atoms with E-state index in [-0.39, 0.29) is 18.3 Å². The van der Waals surface area contributed by atoms with Crippen LogP contribution in [0.4, 0.5) is 0 Å². The van der Waals surface area contributed by atoms with Crippen LogP contribution in [-0.4, -0.2) is 74.2 Å². The minimum atomic E-state index is -0.287. The van der Waals surface area contributed by atoms with Crippen molar-refractivity contribution in [3.8, 4) is 0 Å². The maximum Gasteiger partial charge on any atom is 0.307 e. The Bertz CT molecular complexity index is 591. The molecule has 1 saturated heterocycles. The zero-order valence-electron chi connectivity index (χ0n) is 15.3. The molecule has 6 nitrogen and oxygen atoms in total. The highest BCUT2D eigenvalue weighted by molar-refractivity contribution is 6.30. The largest absolute Gasteiger partial charge is 0.466 e. The van der Waals surface area contributed by atoms with E-state index in [1.54, 1.807) is 36.1 Å². The molecule has 0 bridgehead atoms. The summed E-state index contributed by atoms with van der Waals surface area (Å²) in [6.07, 6.45) is 1.03. The average molecular weight is 383 g/mol. The summed E-state index contributed by atoms with van der Waals surface area (Å²) < 4.78 is 10.3. The summed E-state index contributed by atoms with van der Waals surface area (Å²) in [5, 5.41) is 0.523. The summed E-state index contributed by atoms with van der Waals surface area (Å²) >= 11 is 6.00. The summed E-state index contributed by atoms with van der Waals surface area (Å²) in [5.41, 5.74) is 0.535. The van der Waals surface area contributed by atoms with Crippen molar-refractivity contribution in [1.82, 2.24) is 9.80 Å². The van der Waals surface area contributed by atoms with E-state index in [0.717, 1.165) is 39.3 Å². The molecule has 0 aliphatic carbocycles. The summed E-state index contributed by atoms with van der Waals surface area (Å²) in [6, 6.07) is 6.89. The fourth-order valence-electron chi connectivity index (χ4n) is 2.89. The highest BCUT2D eigenvalue weighted by atomic mass is 35.5. The number of ether oxygens (including phenoxy) is 2. The van der Waals surface area contributed by atoms with Gasteiger partial charge in [-0.25, -0.2) is 0 Å². The van der Waals surface area contributed by atoms with E-state index in [1.807, 2.05) is 0 Å². The molecule has 1 aliphatic rings. The molecule has 0 aromatic heterocycles. The monoisotopic (exact) mass is 382 g/mol. The van der Waals surface area contributed by atoms with Crippen LogP contribution in [0, 0.1) is 0 Å². The lowest BCUT2D eigenvalue weighted by molar-refractivity contribution is -0.143. The van der Waals surface area contributed by atoms with Crippen LogP contribution in [0.15, 0.2) is 24.3 Å². The van der Waals surface area contributed by atoms with Gasteiger partial charge < -0.3 is 14.4 Å². The van der Waals surface area contributed by atoms with E-state index < -0.39 is 0 Å². The van der Waals surface area contributed by atoms with E-state index >= 15 is 0 Å². The molecule has 0 radical (unpaired) electrons. The van der Waals surface area contributed by atoms with Crippen LogP contribution >= 0.6 is 11.6 Å². The Hall–Kier alpha value is -1.63. The van der Waals surface area contributed by atoms with Crippen molar-refractivity contribution >= 4 is 23.5 Å². The van der Waals surface area contributed by atoms with E-state index in [0.29, 0.717) is 30.3 Å². The minimum absolute atomic E-state index is 0.112. The number of morpholine rings is 1. The first-order chi connectivity index (χ1) is 12.6. The number of carbonyl (C=O) groups excluding carboxylic acids is 2. The zero-order valence-corrected chi connectivity index (χ0v) is 16.0. The van der Waals surface area contributed by atoms with Gasteiger partial charge in [0, 0.05) is 43.3 Å². The lowest BCUT2D eigenvalue weighted by Gasteiger charge is -2.28. The molecule has 0 spiro atoms. The molecular formula is C19H27ClN2O4. The number of amides is 1. The van der Waals surface area contributed by atoms with Crippen LogP contribution < -0.4 is 0 Å². The third kappa shape index (κ3) is 6.94. The number of benzene rings is 1. The predicted molar refractivity (Wildman–Crippen MR) is 100 cm³/mol. The molecule has 0 unspecified atom stereocenters. The third-order valence-corrected chi connectivity index (χ3v) is 4.49. The molecular weight excluding hydrogens is 356 g/mol. The minimum Gasteiger partial charge on any atom is -0.466 e. The highest BCUT2D eigenvalue weighted by Crippen LogP contribution is 2.14. The van der Waals surface area contributed by atoms with Crippen molar-refractivity contribution in [3.63, 3.8) is 0 Å². The lowest BCUT2D eigenvalue weighted by atomic mass is 10.2. The van der Waals surface area contributed by atoms with E-state index in [4.69, 9.17) is 21.1 Å². The van der Waals surface area contributed by atoms with Gasteiger partial charge >= 0.3 is 5.97 Å². The third-order valence-electron chi connectivity index (χ3n) is 4.26. The Balaban J connectivity index is 1.93. The Kier molecular flexibility index (Phi) is 8.88. The number of nitrogens with zero attached hydrogens (tertiary/aromatic N) is 2. The van der Waals surface area contributed by atoms with Crippen LogP contribution in [0.1, 0.15) is 30.1 Å². The van der Waals surface area contributed by atoms with Crippen molar-refractivity contribution in [1.29, 1.82) is 0 Å². The van der Waals surface area contributed by atoms with Crippen molar-refractivity contribution in [2.24, 2.45) is 0 Å². The number of carbonyl (C=O) groups is 2. The number of esters is 1. The predicted octanol–water partition coefficient (Wildman–Crippen LogP) is 2.46. The Morgan fingerprint density at radius 1 is 1.27 bits per heavy atom. The summed E-state index contributed by atoms with van der Waals surface area (Å²) in [5.74, 6) is -0.400. The molecule has 0 atom stereocenters. The molecule has 1 amide bonds. The molecule has 0 saturated carbocycles. The first-order valence-electron chi connectivity index (χ1n) is 9.10. The van der Waals surface area contributed by atoms with Crippen LogP contribution in [0.3, 0.4) is 0 Å². The van der Waals surface area contributed by atoms with Gasteiger partial charge in [0.25, 0.3) is 5.91 Å². The summed E-state index contributed by atoms with van der Waals surface area (Å²) in [7, 11) is 0. The number of rotatable bonds is 9. The molecule has 0 N–H and O–H groups in total. The Morgan fingerprint density at radius 3 is 2.73 bits per heavy atom. The second kappa shape index (κ2) is 11.2. The van der Waals surface area contributed by atoms with Crippen molar-refractivity contribution in [2.75, 3.05) is 52.5 Å². The van der Waals surface area contributed by atoms with E-state index in [9.17, 15) is 9.59 Å².